The van der Waals surface area contributed by atoms with Gasteiger partial charge in [0.1, 0.15) is 0 Å². The van der Waals surface area contributed by atoms with E-state index in [0.717, 1.165) is 6.26 Å². The van der Waals surface area contributed by atoms with Crippen LogP contribution in [-0.4, -0.2) is 31.7 Å². The van der Waals surface area contributed by atoms with Crippen molar-refractivity contribution in [2.24, 2.45) is 0 Å². The maximum Gasteiger partial charge on any atom is 0.313 e. The number of anilines is 1. The molecule has 2 rings (SSSR count). The first-order valence-electron chi connectivity index (χ1n) is 6.97. The molecule has 0 radical (unpaired) electrons. The van der Waals surface area contributed by atoms with Crippen LogP contribution in [0, 0.1) is 0 Å². The first-order valence-corrected chi connectivity index (χ1v) is 8.86. The minimum atomic E-state index is -3.52. The van der Waals surface area contributed by atoms with Crippen molar-refractivity contribution in [3.63, 3.8) is 0 Å². The molecule has 0 fully saturated rings. The van der Waals surface area contributed by atoms with Gasteiger partial charge in [-0.15, -0.1) is 0 Å². The third kappa shape index (κ3) is 3.65. The molecule has 2 N–H and O–H groups in total. The van der Waals surface area contributed by atoms with E-state index in [1.54, 1.807) is 38.1 Å². The molecule has 1 aromatic carbocycles. The Kier molecular flexibility index (Phi) is 4.52. The summed E-state index contributed by atoms with van der Waals surface area (Å²) in [5.41, 5.74) is -0.0268. The van der Waals surface area contributed by atoms with Gasteiger partial charge in [0.2, 0.25) is 14.9 Å². The normalized spacial score (nSPS) is 12.0. The van der Waals surface area contributed by atoms with E-state index in [1.165, 1.54) is 12.1 Å². The van der Waals surface area contributed by atoms with E-state index in [0.29, 0.717) is 11.3 Å². The molecule has 7 nitrogen and oxygen atoms in total. The SMILES string of the molecule is CC(C)(C(=O)O)c1ccc(NC(=O)c2ccc(S(C)(=O)=O)o2)cc1. The number of carbonyl (C=O) groups is 2. The van der Waals surface area contributed by atoms with Crippen molar-refractivity contribution in [1.29, 1.82) is 0 Å². The summed E-state index contributed by atoms with van der Waals surface area (Å²) < 4.78 is 27.7. The smallest absolute Gasteiger partial charge is 0.313 e. The summed E-state index contributed by atoms with van der Waals surface area (Å²) in [5, 5.41) is 11.5. The summed E-state index contributed by atoms with van der Waals surface area (Å²) in [5.74, 6) is -1.69. The number of sulfone groups is 1. The Labute approximate surface area is 139 Å². The number of furan rings is 1. The highest BCUT2D eigenvalue weighted by molar-refractivity contribution is 7.90. The van der Waals surface area contributed by atoms with Gasteiger partial charge in [0, 0.05) is 11.9 Å². The lowest BCUT2D eigenvalue weighted by atomic mass is 9.85. The van der Waals surface area contributed by atoms with Crippen LogP contribution in [0.2, 0.25) is 0 Å². The van der Waals surface area contributed by atoms with Crippen LogP contribution in [-0.2, 0) is 20.0 Å². The maximum atomic E-state index is 12.1. The number of hydrogen-bond acceptors (Lipinski definition) is 5. The monoisotopic (exact) mass is 351 g/mol. The van der Waals surface area contributed by atoms with Crippen LogP contribution >= 0.6 is 0 Å². The second-order valence-corrected chi connectivity index (χ2v) is 7.80. The second kappa shape index (κ2) is 6.12. The Hall–Kier alpha value is -2.61. The van der Waals surface area contributed by atoms with E-state index in [4.69, 9.17) is 4.42 Å². The number of rotatable bonds is 5. The average Bonchev–Trinajstić information content (AvgIpc) is 2.97. The molecule has 24 heavy (non-hydrogen) atoms. The second-order valence-electron chi connectivity index (χ2n) is 5.85. The maximum absolute atomic E-state index is 12.1. The van der Waals surface area contributed by atoms with Gasteiger partial charge < -0.3 is 14.8 Å². The van der Waals surface area contributed by atoms with Crippen LogP contribution in [0.4, 0.5) is 5.69 Å². The number of aliphatic carboxylic acids is 1. The Balaban J connectivity index is 2.15. The Morgan fingerprint density at radius 2 is 1.67 bits per heavy atom. The van der Waals surface area contributed by atoms with Crippen molar-refractivity contribution in [3.05, 3.63) is 47.7 Å². The molecule has 1 aromatic heterocycles. The average molecular weight is 351 g/mol. The highest BCUT2D eigenvalue weighted by atomic mass is 32.2. The van der Waals surface area contributed by atoms with Crippen molar-refractivity contribution in [2.45, 2.75) is 24.4 Å². The van der Waals surface area contributed by atoms with Gasteiger partial charge in [0.05, 0.1) is 5.41 Å². The van der Waals surface area contributed by atoms with E-state index in [2.05, 4.69) is 5.32 Å². The quantitative estimate of drug-likeness (QED) is 0.854. The van der Waals surface area contributed by atoms with Crippen LogP contribution in [0.1, 0.15) is 30.0 Å². The van der Waals surface area contributed by atoms with Crippen LogP contribution in [0.3, 0.4) is 0 Å². The third-order valence-corrected chi connectivity index (χ3v) is 4.52. The van der Waals surface area contributed by atoms with Crippen LogP contribution < -0.4 is 5.32 Å². The van der Waals surface area contributed by atoms with Gasteiger partial charge in [0.15, 0.2) is 5.76 Å². The number of benzene rings is 1. The molecule has 0 aliphatic rings. The first-order chi connectivity index (χ1) is 11.0. The molecule has 0 bridgehead atoms. The number of hydrogen-bond donors (Lipinski definition) is 2. The van der Waals surface area contributed by atoms with E-state index < -0.39 is 27.1 Å². The van der Waals surface area contributed by atoms with Gasteiger partial charge in [-0.3, -0.25) is 9.59 Å². The summed E-state index contributed by atoms with van der Waals surface area (Å²) in [6.07, 6.45) is 0.983. The number of nitrogens with one attached hydrogen (secondary N) is 1. The summed E-state index contributed by atoms with van der Waals surface area (Å²) in [6.45, 7) is 3.16. The van der Waals surface area contributed by atoms with Gasteiger partial charge in [0.25, 0.3) is 5.91 Å². The molecular weight excluding hydrogens is 334 g/mol. The van der Waals surface area contributed by atoms with Gasteiger partial charge in [-0.1, -0.05) is 12.1 Å². The van der Waals surface area contributed by atoms with E-state index in [-0.39, 0.29) is 10.9 Å². The highest BCUT2D eigenvalue weighted by Crippen LogP contribution is 2.25. The van der Waals surface area contributed by atoms with Gasteiger partial charge in [-0.25, -0.2) is 8.42 Å². The largest absolute Gasteiger partial charge is 0.481 e. The predicted molar refractivity (Wildman–Crippen MR) is 86.9 cm³/mol. The number of amides is 1. The minimum Gasteiger partial charge on any atom is -0.481 e. The summed E-state index contributed by atoms with van der Waals surface area (Å²) >= 11 is 0. The zero-order valence-electron chi connectivity index (χ0n) is 13.4. The molecular formula is C16H17NO6S. The lowest BCUT2D eigenvalue weighted by Crippen LogP contribution is -2.28. The van der Waals surface area contributed by atoms with Crippen molar-refractivity contribution in [3.8, 4) is 0 Å². The van der Waals surface area contributed by atoms with Gasteiger partial charge in [-0.05, 0) is 43.7 Å². The third-order valence-electron chi connectivity index (χ3n) is 3.57. The van der Waals surface area contributed by atoms with E-state index in [9.17, 15) is 23.1 Å². The standard InChI is InChI=1S/C16H17NO6S/c1-16(2,15(19)20)10-4-6-11(7-5-10)17-14(18)12-8-9-13(23-12)24(3,21)22/h4-9H,1-3H3,(H,17,18)(H,19,20). The molecule has 0 atom stereocenters. The van der Waals surface area contributed by atoms with Crippen molar-refractivity contribution in [1.82, 2.24) is 0 Å². The lowest BCUT2D eigenvalue weighted by Gasteiger charge is -2.19. The fourth-order valence-corrected chi connectivity index (χ4v) is 2.48. The molecule has 0 unspecified atom stereocenters. The Morgan fingerprint density at radius 3 is 2.12 bits per heavy atom. The fraction of sp³-hybridized carbons (Fsp3) is 0.250. The molecule has 8 heteroatoms. The fourth-order valence-electron chi connectivity index (χ4n) is 1.93. The molecule has 0 saturated heterocycles. The van der Waals surface area contributed by atoms with Gasteiger partial charge in [-0.2, -0.15) is 0 Å². The van der Waals surface area contributed by atoms with E-state index in [1.807, 2.05) is 0 Å². The zero-order valence-corrected chi connectivity index (χ0v) is 14.2. The van der Waals surface area contributed by atoms with Crippen LogP contribution in [0.15, 0.2) is 45.9 Å². The van der Waals surface area contributed by atoms with Crippen molar-refractivity contribution < 1.29 is 27.5 Å². The topological polar surface area (TPSA) is 114 Å². The number of carbonyl (C=O) groups excluding carboxylic acids is 1. The van der Waals surface area contributed by atoms with Crippen LogP contribution in [0.25, 0.3) is 0 Å². The van der Waals surface area contributed by atoms with Gasteiger partial charge >= 0.3 is 5.97 Å². The summed E-state index contributed by atoms with van der Waals surface area (Å²) in [7, 11) is -3.52. The Bertz CT molecular complexity index is 878. The molecule has 128 valence electrons. The van der Waals surface area contributed by atoms with Crippen molar-refractivity contribution in [2.75, 3.05) is 11.6 Å². The van der Waals surface area contributed by atoms with E-state index >= 15 is 0 Å². The molecule has 0 aliphatic heterocycles. The predicted octanol–water partition coefficient (Wildman–Crippen LogP) is 2.30. The zero-order chi connectivity index (χ0) is 18.1. The summed E-state index contributed by atoms with van der Waals surface area (Å²) in [4.78, 5) is 23.3. The van der Waals surface area contributed by atoms with Crippen LogP contribution in [0.5, 0.6) is 0 Å². The molecule has 0 spiro atoms. The minimum absolute atomic E-state index is 0.134. The number of carboxylic acids is 1. The molecule has 2 aromatic rings. The van der Waals surface area contributed by atoms with Crippen molar-refractivity contribution >= 4 is 27.4 Å². The molecule has 0 saturated carbocycles. The Morgan fingerprint density at radius 1 is 1.08 bits per heavy atom. The molecule has 1 amide bonds. The molecule has 1 heterocycles. The summed E-state index contributed by atoms with van der Waals surface area (Å²) in [6, 6.07) is 8.83. The lowest BCUT2D eigenvalue weighted by molar-refractivity contribution is -0.142. The first kappa shape index (κ1) is 17.7. The molecule has 0 aliphatic carbocycles. The number of carboxylic acid groups (broad SMARTS) is 1. The highest BCUT2D eigenvalue weighted by Gasteiger charge is 2.29.